The summed E-state index contributed by atoms with van der Waals surface area (Å²) in [5, 5.41) is 2.16. The van der Waals surface area contributed by atoms with Crippen LogP contribution < -0.4 is 14.2 Å². The Labute approximate surface area is 170 Å². The van der Waals surface area contributed by atoms with Gasteiger partial charge in [-0.2, -0.15) is 0 Å². The number of nitrogens with zero attached hydrogens (tertiary/aromatic N) is 1. The number of ether oxygens (including phenoxy) is 3. The Morgan fingerprint density at radius 2 is 1.96 bits per heavy atom. The molecular weight excluding hydrogens is 370 g/mol. The number of rotatable bonds is 5. The molecule has 4 nitrogen and oxygen atoms in total. The van der Waals surface area contributed by atoms with E-state index in [0.717, 1.165) is 53.6 Å². The van der Waals surface area contributed by atoms with Crippen LogP contribution in [0.1, 0.15) is 16.0 Å². The maximum atomic E-state index is 6.10. The molecule has 0 atom stereocenters. The molecule has 0 radical (unpaired) electrons. The molecular formula is C23H25NO3S. The highest BCUT2D eigenvalue weighted by Crippen LogP contribution is 2.39. The number of benzene rings is 2. The van der Waals surface area contributed by atoms with Crippen molar-refractivity contribution in [2.45, 2.75) is 20.0 Å². The molecule has 0 amide bonds. The molecule has 0 bridgehead atoms. The van der Waals surface area contributed by atoms with Gasteiger partial charge >= 0.3 is 0 Å². The van der Waals surface area contributed by atoms with E-state index in [1.54, 1.807) is 14.2 Å². The molecule has 1 aliphatic rings. The van der Waals surface area contributed by atoms with Crippen LogP contribution in [0.25, 0.3) is 11.1 Å². The standard InChI is InChI=1S/C23H25NO3S/c1-16-7-10-28-22(16)15-24-8-9-27-23-19(14-24)11-18(13-21(23)26-3)17-5-4-6-20(12-17)25-2/h4-7,10-13H,8-9,14-15H2,1-3H3. The van der Waals surface area contributed by atoms with Crippen LogP contribution in [0.15, 0.2) is 47.8 Å². The van der Waals surface area contributed by atoms with E-state index in [2.05, 4.69) is 35.4 Å². The predicted molar refractivity (Wildman–Crippen MR) is 114 cm³/mol. The second kappa shape index (κ2) is 8.25. The van der Waals surface area contributed by atoms with Crippen LogP contribution in [0, 0.1) is 6.92 Å². The summed E-state index contributed by atoms with van der Waals surface area (Å²) in [5.74, 6) is 2.49. The van der Waals surface area contributed by atoms with E-state index in [1.807, 2.05) is 35.6 Å². The van der Waals surface area contributed by atoms with Crippen LogP contribution in [-0.4, -0.2) is 32.3 Å². The van der Waals surface area contributed by atoms with Gasteiger partial charge in [-0.15, -0.1) is 11.3 Å². The highest BCUT2D eigenvalue weighted by atomic mass is 32.1. The monoisotopic (exact) mass is 395 g/mol. The fraction of sp³-hybridized carbons (Fsp3) is 0.304. The minimum Gasteiger partial charge on any atom is -0.497 e. The third-order valence-electron chi connectivity index (χ3n) is 5.14. The largest absolute Gasteiger partial charge is 0.497 e. The fourth-order valence-corrected chi connectivity index (χ4v) is 4.51. The van der Waals surface area contributed by atoms with Crippen LogP contribution >= 0.6 is 11.3 Å². The normalized spacial score (nSPS) is 14.1. The van der Waals surface area contributed by atoms with Crippen LogP contribution in [0.5, 0.6) is 17.2 Å². The molecule has 1 aromatic heterocycles. The molecule has 28 heavy (non-hydrogen) atoms. The lowest BCUT2D eigenvalue weighted by molar-refractivity contribution is 0.218. The third-order valence-corrected chi connectivity index (χ3v) is 6.15. The Balaban J connectivity index is 1.69. The summed E-state index contributed by atoms with van der Waals surface area (Å²) in [4.78, 5) is 3.86. The minimum absolute atomic E-state index is 0.659. The van der Waals surface area contributed by atoms with E-state index < -0.39 is 0 Å². The molecule has 4 rings (SSSR count). The van der Waals surface area contributed by atoms with E-state index in [-0.39, 0.29) is 0 Å². The lowest BCUT2D eigenvalue weighted by Gasteiger charge is -2.19. The molecule has 0 aliphatic carbocycles. The van der Waals surface area contributed by atoms with Crippen LogP contribution in [-0.2, 0) is 13.1 Å². The highest BCUT2D eigenvalue weighted by molar-refractivity contribution is 7.10. The molecule has 2 aromatic carbocycles. The van der Waals surface area contributed by atoms with E-state index >= 15 is 0 Å². The van der Waals surface area contributed by atoms with Crippen molar-refractivity contribution in [1.82, 2.24) is 4.90 Å². The molecule has 0 saturated carbocycles. The third kappa shape index (κ3) is 3.86. The van der Waals surface area contributed by atoms with Crippen LogP contribution in [0.4, 0.5) is 0 Å². The van der Waals surface area contributed by atoms with Crippen molar-refractivity contribution in [3.05, 3.63) is 63.8 Å². The van der Waals surface area contributed by atoms with Gasteiger partial charge in [0, 0.05) is 30.1 Å². The Morgan fingerprint density at radius 3 is 2.71 bits per heavy atom. The van der Waals surface area contributed by atoms with Gasteiger partial charge in [-0.25, -0.2) is 0 Å². The summed E-state index contributed by atoms with van der Waals surface area (Å²) in [6, 6.07) is 14.6. The topological polar surface area (TPSA) is 30.9 Å². The Morgan fingerprint density at radius 1 is 1.07 bits per heavy atom. The minimum atomic E-state index is 0.659. The fourth-order valence-electron chi connectivity index (χ4n) is 3.56. The average molecular weight is 396 g/mol. The first-order chi connectivity index (χ1) is 13.7. The molecule has 2 heterocycles. The summed E-state index contributed by atoms with van der Waals surface area (Å²) in [5.41, 5.74) is 4.72. The van der Waals surface area contributed by atoms with Crippen molar-refractivity contribution in [3.8, 4) is 28.4 Å². The van der Waals surface area contributed by atoms with E-state index in [9.17, 15) is 0 Å². The molecule has 3 aromatic rings. The SMILES string of the molecule is COc1cccc(-c2cc3c(c(OC)c2)OCCN(Cc2sccc2C)C3)c1. The zero-order chi connectivity index (χ0) is 19.5. The highest BCUT2D eigenvalue weighted by Gasteiger charge is 2.21. The predicted octanol–water partition coefficient (Wildman–Crippen LogP) is 5.14. The van der Waals surface area contributed by atoms with Crippen molar-refractivity contribution in [1.29, 1.82) is 0 Å². The van der Waals surface area contributed by atoms with Crippen molar-refractivity contribution in [2.24, 2.45) is 0 Å². The Hall–Kier alpha value is -2.50. The first-order valence-corrected chi connectivity index (χ1v) is 10.3. The van der Waals surface area contributed by atoms with Crippen LogP contribution in [0.3, 0.4) is 0 Å². The van der Waals surface area contributed by atoms with Crippen molar-refractivity contribution in [2.75, 3.05) is 27.4 Å². The molecule has 0 saturated heterocycles. The molecule has 0 spiro atoms. The number of fused-ring (bicyclic) bond motifs is 1. The lowest BCUT2D eigenvalue weighted by atomic mass is 10.0. The van der Waals surface area contributed by atoms with E-state index in [1.165, 1.54) is 10.4 Å². The Kier molecular flexibility index (Phi) is 5.55. The quantitative estimate of drug-likeness (QED) is 0.599. The molecule has 1 aliphatic heterocycles. The van der Waals surface area contributed by atoms with Gasteiger partial charge in [-0.05, 0) is 59.3 Å². The first kappa shape index (κ1) is 18.8. The molecule has 0 N–H and O–H groups in total. The summed E-state index contributed by atoms with van der Waals surface area (Å²) >= 11 is 1.82. The van der Waals surface area contributed by atoms with E-state index in [4.69, 9.17) is 14.2 Å². The molecule has 0 fully saturated rings. The zero-order valence-corrected chi connectivity index (χ0v) is 17.3. The molecule has 5 heteroatoms. The number of methoxy groups -OCH3 is 2. The van der Waals surface area contributed by atoms with Crippen LogP contribution in [0.2, 0.25) is 0 Å². The smallest absolute Gasteiger partial charge is 0.165 e. The second-order valence-electron chi connectivity index (χ2n) is 6.98. The van der Waals surface area contributed by atoms with Gasteiger partial charge in [0.25, 0.3) is 0 Å². The average Bonchev–Trinajstić information content (AvgIpc) is 3.00. The summed E-state index contributed by atoms with van der Waals surface area (Å²) in [6.45, 7) is 5.51. The first-order valence-electron chi connectivity index (χ1n) is 9.41. The number of hydrogen-bond donors (Lipinski definition) is 0. The van der Waals surface area contributed by atoms with Gasteiger partial charge in [0.2, 0.25) is 0 Å². The van der Waals surface area contributed by atoms with Gasteiger partial charge in [-0.3, -0.25) is 4.90 Å². The van der Waals surface area contributed by atoms with Gasteiger partial charge in [0.15, 0.2) is 11.5 Å². The van der Waals surface area contributed by atoms with Crippen molar-refractivity contribution < 1.29 is 14.2 Å². The molecule has 0 unspecified atom stereocenters. The number of aryl methyl sites for hydroxylation is 1. The zero-order valence-electron chi connectivity index (χ0n) is 16.5. The number of hydrogen-bond acceptors (Lipinski definition) is 5. The van der Waals surface area contributed by atoms with Gasteiger partial charge in [0.1, 0.15) is 12.4 Å². The van der Waals surface area contributed by atoms with Gasteiger partial charge in [0.05, 0.1) is 14.2 Å². The maximum Gasteiger partial charge on any atom is 0.165 e. The van der Waals surface area contributed by atoms with E-state index in [0.29, 0.717) is 6.61 Å². The summed E-state index contributed by atoms with van der Waals surface area (Å²) < 4.78 is 17.2. The van der Waals surface area contributed by atoms with Crippen molar-refractivity contribution in [3.63, 3.8) is 0 Å². The maximum absolute atomic E-state index is 6.10. The second-order valence-corrected chi connectivity index (χ2v) is 7.99. The number of thiophene rings is 1. The molecule has 146 valence electrons. The van der Waals surface area contributed by atoms with Gasteiger partial charge < -0.3 is 14.2 Å². The van der Waals surface area contributed by atoms with Gasteiger partial charge in [-0.1, -0.05) is 12.1 Å². The summed E-state index contributed by atoms with van der Waals surface area (Å²) in [7, 11) is 3.39. The van der Waals surface area contributed by atoms with Crippen molar-refractivity contribution >= 4 is 11.3 Å². The lowest BCUT2D eigenvalue weighted by Crippen LogP contribution is -2.25. The Bertz CT molecular complexity index is 966. The summed E-state index contributed by atoms with van der Waals surface area (Å²) in [6.07, 6.45) is 0.